The van der Waals surface area contributed by atoms with Gasteiger partial charge in [-0.1, -0.05) is 41.9 Å². The Labute approximate surface area is 205 Å². The summed E-state index contributed by atoms with van der Waals surface area (Å²) in [5.41, 5.74) is 1.60. The van der Waals surface area contributed by atoms with Crippen LogP contribution < -0.4 is 5.32 Å². The van der Waals surface area contributed by atoms with Gasteiger partial charge in [0.15, 0.2) is 0 Å². The molecule has 2 aromatic rings. The molecule has 4 atom stereocenters. The van der Waals surface area contributed by atoms with Gasteiger partial charge in [-0.25, -0.2) is 0 Å². The highest BCUT2D eigenvalue weighted by Gasteiger charge is 2.42. The van der Waals surface area contributed by atoms with E-state index in [0.29, 0.717) is 35.8 Å². The van der Waals surface area contributed by atoms with Crippen molar-refractivity contribution in [1.82, 2.24) is 24.9 Å². The normalized spacial score (nSPS) is 25.5. The van der Waals surface area contributed by atoms with Gasteiger partial charge in [-0.3, -0.25) is 14.3 Å². The van der Waals surface area contributed by atoms with Crippen molar-refractivity contribution in [3.05, 3.63) is 52.8 Å². The Morgan fingerprint density at radius 2 is 1.91 bits per heavy atom. The number of likely N-dealkylation sites (tertiary alicyclic amines) is 2. The number of fused-ring (bicyclic) bond motifs is 1. The van der Waals surface area contributed by atoms with Crippen LogP contribution in [0.25, 0.3) is 0 Å². The maximum absolute atomic E-state index is 13.0. The number of aryl methyl sites for hydroxylation is 1. The smallest absolute Gasteiger partial charge is 0.273 e. The Morgan fingerprint density at radius 3 is 2.53 bits per heavy atom. The number of hydrogen-bond donors (Lipinski definition) is 1. The fourth-order valence-electron chi connectivity index (χ4n) is 5.59. The number of carbonyl (C=O) groups is 2. The Bertz CT molecular complexity index is 989. The van der Waals surface area contributed by atoms with E-state index in [-0.39, 0.29) is 23.8 Å². The van der Waals surface area contributed by atoms with E-state index in [1.54, 1.807) is 11.7 Å². The van der Waals surface area contributed by atoms with E-state index in [1.165, 1.54) is 6.20 Å². The molecule has 0 radical (unpaired) electrons. The van der Waals surface area contributed by atoms with E-state index < -0.39 is 0 Å². The van der Waals surface area contributed by atoms with Crippen LogP contribution in [-0.4, -0.2) is 77.3 Å². The summed E-state index contributed by atoms with van der Waals surface area (Å²) in [5, 5.41) is 7.78. The highest BCUT2D eigenvalue weighted by molar-refractivity contribution is 6.33. The largest absolute Gasteiger partial charge is 0.381 e. The summed E-state index contributed by atoms with van der Waals surface area (Å²) in [6.07, 6.45) is 3.17. The molecule has 1 aromatic heterocycles. The number of halogens is 1. The molecule has 182 valence electrons. The summed E-state index contributed by atoms with van der Waals surface area (Å²) < 4.78 is 6.96. The van der Waals surface area contributed by atoms with Crippen LogP contribution in [0.5, 0.6) is 0 Å². The minimum atomic E-state index is -0.0474. The van der Waals surface area contributed by atoms with E-state index in [2.05, 4.69) is 27.4 Å². The monoisotopic (exact) mass is 485 g/mol. The van der Waals surface area contributed by atoms with Crippen molar-refractivity contribution in [3.63, 3.8) is 0 Å². The molecule has 3 saturated heterocycles. The molecule has 3 unspecified atom stereocenters. The van der Waals surface area contributed by atoms with Crippen LogP contribution in [0.3, 0.4) is 0 Å². The van der Waals surface area contributed by atoms with Gasteiger partial charge in [0, 0.05) is 46.4 Å². The fraction of sp³-hybridized carbons (Fsp3) is 0.560. The molecule has 3 fully saturated rings. The third-order valence-corrected chi connectivity index (χ3v) is 7.78. The van der Waals surface area contributed by atoms with Crippen molar-refractivity contribution in [2.45, 2.75) is 18.9 Å². The number of ether oxygens (including phenoxy) is 1. The van der Waals surface area contributed by atoms with Gasteiger partial charge >= 0.3 is 0 Å². The number of nitrogens with one attached hydrogen (secondary N) is 1. The molecule has 0 bridgehead atoms. The first kappa shape index (κ1) is 23.3. The highest BCUT2D eigenvalue weighted by Crippen LogP contribution is 2.33. The predicted molar refractivity (Wildman–Crippen MR) is 128 cm³/mol. The SMILES string of the molecule is Cn1ncc(Cl)c1C(=O)N1CC2CN(CC[C@H](NC(=O)C3CCOC3)c3ccccc3)CC2C1. The molecule has 9 heteroatoms. The highest BCUT2D eigenvalue weighted by atomic mass is 35.5. The second kappa shape index (κ2) is 10.1. The molecule has 2 amide bonds. The molecular formula is C25H32ClN5O3. The number of benzene rings is 1. The molecule has 8 nitrogen and oxygen atoms in total. The van der Waals surface area contributed by atoms with Crippen molar-refractivity contribution in [2.24, 2.45) is 24.8 Å². The van der Waals surface area contributed by atoms with E-state index in [4.69, 9.17) is 16.3 Å². The predicted octanol–water partition coefficient (Wildman–Crippen LogP) is 2.36. The lowest BCUT2D eigenvalue weighted by Gasteiger charge is -2.25. The molecular weight excluding hydrogens is 454 g/mol. The zero-order valence-electron chi connectivity index (χ0n) is 19.5. The second-order valence-corrected chi connectivity index (χ2v) is 10.2. The second-order valence-electron chi connectivity index (χ2n) is 9.78. The molecule has 0 aliphatic carbocycles. The average molecular weight is 486 g/mol. The number of nitrogens with zero attached hydrogens (tertiary/aromatic N) is 4. The first-order valence-corrected chi connectivity index (χ1v) is 12.5. The van der Waals surface area contributed by atoms with Gasteiger partial charge < -0.3 is 19.9 Å². The average Bonchev–Trinajstić information content (AvgIpc) is 3.61. The van der Waals surface area contributed by atoms with Crippen LogP contribution in [0, 0.1) is 17.8 Å². The van der Waals surface area contributed by atoms with E-state index >= 15 is 0 Å². The molecule has 0 spiro atoms. The lowest BCUT2D eigenvalue weighted by Crippen LogP contribution is -2.37. The molecule has 4 heterocycles. The third kappa shape index (κ3) is 4.85. The topological polar surface area (TPSA) is 79.7 Å². The van der Waals surface area contributed by atoms with Crippen molar-refractivity contribution in [1.29, 1.82) is 0 Å². The van der Waals surface area contributed by atoms with Gasteiger partial charge in [-0.15, -0.1) is 0 Å². The molecule has 34 heavy (non-hydrogen) atoms. The molecule has 1 N–H and O–H groups in total. The van der Waals surface area contributed by atoms with Gasteiger partial charge in [0.1, 0.15) is 5.69 Å². The lowest BCUT2D eigenvalue weighted by atomic mass is 10.0. The molecule has 1 aromatic carbocycles. The minimum Gasteiger partial charge on any atom is -0.381 e. The molecule has 3 aliphatic heterocycles. The lowest BCUT2D eigenvalue weighted by molar-refractivity contribution is -0.125. The van der Waals surface area contributed by atoms with Gasteiger partial charge in [0.2, 0.25) is 5.91 Å². The van der Waals surface area contributed by atoms with Crippen molar-refractivity contribution >= 4 is 23.4 Å². The van der Waals surface area contributed by atoms with Crippen LogP contribution in [0.15, 0.2) is 36.5 Å². The maximum Gasteiger partial charge on any atom is 0.273 e. The Kier molecular flexibility index (Phi) is 6.90. The van der Waals surface area contributed by atoms with Crippen molar-refractivity contribution in [3.8, 4) is 0 Å². The van der Waals surface area contributed by atoms with Gasteiger partial charge in [0.25, 0.3) is 5.91 Å². The summed E-state index contributed by atoms with van der Waals surface area (Å²) >= 11 is 6.19. The van der Waals surface area contributed by atoms with Crippen LogP contribution in [-0.2, 0) is 16.6 Å². The molecule has 0 saturated carbocycles. The number of aromatic nitrogens is 2. The third-order valence-electron chi connectivity index (χ3n) is 7.50. The summed E-state index contributed by atoms with van der Waals surface area (Å²) in [6, 6.07) is 10.2. The zero-order valence-corrected chi connectivity index (χ0v) is 20.3. The van der Waals surface area contributed by atoms with Crippen molar-refractivity contribution in [2.75, 3.05) is 45.9 Å². The summed E-state index contributed by atoms with van der Waals surface area (Å²) in [7, 11) is 1.75. The first-order chi connectivity index (χ1) is 16.5. The number of rotatable bonds is 7. The number of carbonyl (C=O) groups excluding carboxylic acids is 2. The summed E-state index contributed by atoms with van der Waals surface area (Å²) in [4.78, 5) is 30.1. The minimum absolute atomic E-state index is 0.0141. The molecule has 5 rings (SSSR count). The molecule has 3 aliphatic rings. The maximum atomic E-state index is 13.0. The Balaban J connectivity index is 1.16. The summed E-state index contributed by atoms with van der Waals surface area (Å²) in [5.74, 6) is 0.947. The Hall–Kier alpha value is -2.42. The Morgan fingerprint density at radius 1 is 1.18 bits per heavy atom. The van der Waals surface area contributed by atoms with Gasteiger partial charge in [-0.2, -0.15) is 5.10 Å². The van der Waals surface area contributed by atoms with Crippen LogP contribution in [0.2, 0.25) is 5.02 Å². The zero-order chi connectivity index (χ0) is 23.7. The van der Waals surface area contributed by atoms with Gasteiger partial charge in [0.05, 0.1) is 29.8 Å². The fourth-order valence-corrected chi connectivity index (χ4v) is 5.84. The quantitative estimate of drug-likeness (QED) is 0.651. The summed E-state index contributed by atoms with van der Waals surface area (Å²) in [6.45, 7) is 5.54. The number of hydrogen-bond acceptors (Lipinski definition) is 5. The van der Waals surface area contributed by atoms with Crippen LogP contribution >= 0.6 is 11.6 Å². The first-order valence-electron chi connectivity index (χ1n) is 12.1. The van der Waals surface area contributed by atoms with Crippen LogP contribution in [0.1, 0.15) is 34.9 Å². The van der Waals surface area contributed by atoms with Gasteiger partial charge in [-0.05, 0) is 30.2 Å². The van der Waals surface area contributed by atoms with E-state index in [9.17, 15) is 9.59 Å². The standard InChI is InChI=1S/C25H32ClN5O3/c1-29-23(21(26)11-27-29)25(33)31-14-19-12-30(13-20(19)15-31)9-7-22(17-5-3-2-4-6-17)28-24(32)18-8-10-34-16-18/h2-6,11,18-20,22H,7-10,12-16H2,1H3,(H,28,32)/t18?,19?,20?,22-/m0/s1. The van der Waals surface area contributed by atoms with E-state index in [0.717, 1.165) is 51.1 Å². The number of amides is 2. The van der Waals surface area contributed by atoms with Crippen molar-refractivity contribution < 1.29 is 14.3 Å². The van der Waals surface area contributed by atoms with E-state index in [1.807, 2.05) is 23.1 Å². The van der Waals surface area contributed by atoms with Crippen LogP contribution in [0.4, 0.5) is 0 Å².